The molecule has 8 heteroatoms. The second-order valence-corrected chi connectivity index (χ2v) is 5.25. The molecule has 8 nitrogen and oxygen atoms in total. The molecular weight excluding hydrogens is 302 g/mol. The highest BCUT2D eigenvalue weighted by Crippen LogP contribution is 2.25. The standard InChI is InChI=1S/C15H21N3O5/c1-22-8-6-16-13-5-4-11(9-14(13)18(20)21)15(19)17-10-12-3-2-7-23-12/h4-5,9,12,16H,2-3,6-8,10H2,1H3,(H,17,19)/t12-/m0/s1. The van der Waals surface area contributed by atoms with Crippen molar-refractivity contribution in [2.45, 2.75) is 18.9 Å². The number of rotatable bonds is 8. The van der Waals surface area contributed by atoms with Gasteiger partial charge < -0.3 is 20.1 Å². The molecule has 23 heavy (non-hydrogen) atoms. The molecular formula is C15H21N3O5. The Bertz CT molecular complexity index is 558. The third-order valence-electron chi connectivity index (χ3n) is 3.59. The highest BCUT2D eigenvalue weighted by molar-refractivity contribution is 5.95. The molecule has 1 saturated heterocycles. The predicted octanol–water partition coefficient (Wildman–Crippen LogP) is 1.56. The van der Waals surface area contributed by atoms with Crippen molar-refractivity contribution in [3.8, 4) is 0 Å². The molecule has 1 aromatic carbocycles. The van der Waals surface area contributed by atoms with Gasteiger partial charge in [-0.25, -0.2) is 0 Å². The first-order valence-electron chi connectivity index (χ1n) is 7.53. The van der Waals surface area contributed by atoms with Crippen LogP contribution < -0.4 is 10.6 Å². The van der Waals surface area contributed by atoms with Crippen LogP contribution in [-0.4, -0.2) is 50.3 Å². The molecule has 1 aromatic rings. The number of nitro groups is 1. The molecule has 1 fully saturated rings. The lowest BCUT2D eigenvalue weighted by Crippen LogP contribution is -2.31. The summed E-state index contributed by atoms with van der Waals surface area (Å²) < 4.78 is 10.3. The molecule has 0 spiro atoms. The lowest BCUT2D eigenvalue weighted by Gasteiger charge is -2.11. The Morgan fingerprint density at radius 2 is 2.35 bits per heavy atom. The zero-order valence-electron chi connectivity index (χ0n) is 13.0. The second kappa shape index (κ2) is 8.44. The van der Waals surface area contributed by atoms with E-state index in [2.05, 4.69) is 10.6 Å². The number of ether oxygens (including phenoxy) is 2. The van der Waals surface area contributed by atoms with Crippen LogP contribution in [0.15, 0.2) is 18.2 Å². The first kappa shape index (κ1) is 17.2. The van der Waals surface area contributed by atoms with E-state index in [0.717, 1.165) is 12.8 Å². The van der Waals surface area contributed by atoms with Crippen LogP contribution in [0.4, 0.5) is 11.4 Å². The Balaban J connectivity index is 2.01. The fourth-order valence-electron chi connectivity index (χ4n) is 2.38. The summed E-state index contributed by atoms with van der Waals surface area (Å²) in [7, 11) is 1.55. The Kier molecular flexibility index (Phi) is 6.30. The van der Waals surface area contributed by atoms with Gasteiger partial charge in [-0.2, -0.15) is 0 Å². The lowest BCUT2D eigenvalue weighted by atomic mass is 10.1. The van der Waals surface area contributed by atoms with Crippen molar-refractivity contribution in [3.63, 3.8) is 0 Å². The Labute approximate surface area is 134 Å². The van der Waals surface area contributed by atoms with Crippen molar-refractivity contribution in [1.29, 1.82) is 0 Å². The van der Waals surface area contributed by atoms with Crippen LogP contribution in [0.2, 0.25) is 0 Å². The number of anilines is 1. The van der Waals surface area contributed by atoms with Gasteiger partial charge in [0, 0.05) is 38.4 Å². The summed E-state index contributed by atoms with van der Waals surface area (Å²) in [5.41, 5.74) is 0.487. The number of methoxy groups -OCH3 is 1. The van der Waals surface area contributed by atoms with E-state index in [4.69, 9.17) is 9.47 Å². The van der Waals surface area contributed by atoms with Crippen molar-refractivity contribution in [3.05, 3.63) is 33.9 Å². The number of carbonyl (C=O) groups excluding carboxylic acids is 1. The van der Waals surface area contributed by atoms with Crippen molar-refractivity contribution in [1.82, 2.24) is 5.32 Å². The average molecular weight is 323 g/mol. The maximum atomic E-state index is 12.1. The Morgan fingerprint density at radius 1 is 1.52 bits per heavy atom. The summed E-state index contributed by atoms with van der Waals surface area (Å²) in [6, 6.07) is 4.38. The largest absolute Gasteiger partial charge is 0.383 e. The van der Waals surface area contributed by atoms with E-state index < -0.39 is 4.92 Å². The van der Waals surface area contributed by atoms with E-state index in [1.54, 1.807) is 13.2 Å². The molecule has 2 rings (SSSR count). The van der Waals surface area contributed by atoms with E-state index in [0.29, 0.717) is 32.0 Å². The van der Waals surface area contributed by atoms with E-state index in [1.807, 2.05) is 0 Å². The first-order chi connectivity index (χ1) is 11.1. The van der Waals surface area contributed by atoms with Gasteiger partial charge in [-0.15, -0.1) is 0 Å². The van der Waals surface area contributed by atoms with Crippen molar-refractivity contribution >= 4 is 17.3 Å². The molecule has 0 unspecified atom stereocenters. The molecule has 1 aliphatic heterocycles. The number of nitrogens with one attached hydrogen (secondary N) is 2. The quantitative estimate of drug-likeness (QED) is 0.427. The molecule has 1 amide bonds. The van der Waals surface area contributed by atoms with Crippen LogP contribution in [0.5, 0.6) is 0 Å². The molecule has 0 radical (unpaired) electrons. The predicted molar refractivity (Wildman–Crippen MR) is 84.8 cm³/mol. The fourth-order valence-corrected chi connectivity index (χ4v) is 2.38. The molecule has 1 heterocycles. The molecule has 2 N–H and O–H groups in total. The average Bonchev–Trinajstić information content (AvgIpc) is 3.06. The minimum Gasteiger partial charge on any atom is -0.383 e. The number of hydrogen-bond donors (Lipinski definition) is 2. The Morgan fingerprint density at radius 3 is 3.00 bits per heavy atom. The molecule has 1 aliphatic rings. The molecule has 126 valence electrons. The topological polar surface area (TPSA) is 103 Å². The van der Waals surface area contributed by atoms with Crippen LogP contribution in [0.1, 0.15) is 23.2 Å². The van der Waals surface area contributed by atoms with E-state index in [1.165, 1.54) is 12.1 Å². The third kappa shape index (κ3) is 4.90. The van der Waals surface area contributed by atoms with Gasteiger partial charge in [-0.3, -0.25) is 14.9 Å². The highest BCUT2D eigenvalue weighted by atomic mass is 16.6. The van der Waals surface area contributed by atoms with Gasteiger partial charge in [-0.05, 0) is 25.0 Å². The number of nitrogens with zero attached hydrogens (tertiary/aromatic N) is 1. The van der Waals surface area contributed by atoms with Crippen LogP contribution >= 0.6 is 0 Å². The van der Waals surface area contributed by atoms with Gasteiger partial charge in [0.25, 0.3) is 11.6 Å². The number of benzene rings is 1. The van der Waals surface area contributed by atoms with Gasteiger partial charge >= 0.3 is 0 Å². The zero-order chi connectivity index (χ0) is 16.7. The smallest absolute Gasteiger partial charge is 0.293 e. The maximum absolute atomic E-state index is 12.1. The van der Waals surface area contributed by atoms with Gasteiger partial charge in [0.15, 0.2) is 0 Å². The van der Waals surface area contributed by atoms with E-state index in [9.17, 15) is 14.9 Å². The molecule has 0 bridgehead atoms. The number of nitro benzene ring substituents is 1. The molecule has 0 aliphatic carbocycles. The number of carbonyl (C=O) groups is 1. The number of hydrogen-bond acceptors (Lipinski definition) is 6. The van der Waals surface area contributed by atoms with Crippen molar-refractivity contribution in [2.24, 2.45) is 0 Å². The van der Waals surface area contributed by atoms with Crippen LogP contribution in [0, 0.1) is 10.1 Å². The van der Waals surface area contributed by atoms with Crippen LogP contribution in [0.3, 0.4) is 0 Å². The summed E-state index contributed by atoms with van der Waals surface area (Å²) in [5, 5.41) is 16.9. The minimum atomic E-state index is -0.508. The number of amides is 1. The lowest BCUT2D eigenvalue weighted by molar-refractivity contribution is -0.384. The molecule has 0 saturated carbocycles. The summed E-state index contributed by atoms with van der Waals surface area (Å²) in [5.74, 6) is -0.341. The summed E-state index contributed by atoms with van der Waals surface area (Å²) >= 11 is 0. The first-order valence-corrected chi connectivity index (χ1v) is 7.53. The summed E-state index contributed by atoms with van der Waals surface area (Å²) in [6.07, 6.45) is 1.94. The van der Waals surface area contributed by atoms with Crippen LogP contribution in [-0.2, 0) is 9.47 Å². The van der Waals surface area contributed by atoms with Gasteiger partial charge in [0.05, 0.1) is 17.6 Å². The molecule has 0 aromatic heterocycles. The van der Waals surface area contributed by atoms with Crippen molar-refractivity contribution < 1.29 is 19.2 Å². The van der Waals surface area contributed by atoms with Gasteiger partial charge in [-0.1, -0.05) is 0 Å². The third-order valence-corrected chi connectivity index (χ3v) is 3.59. The Hall–Kier alpha value is -2.19. The van der Waals surface area contributed by atoms with Crippen molar-refractivity contribution in [2.75, 3.05) is 38.7 Å². The normalized spacial score (nSPS) is 17.0. The van der Waals surface area contributed by atoms with Gasteiger partial charge in [0.1, 0.15) is 5.69 Å². The highest BCUT2D eigenvalue weighted by Gasteiger charge is 2.19. The fraction of sp³-hybridized carbons (Fsp3) is 0.533. The SMILES string of the molecule is COCCNc1ccc(C(=O)NC[C@@H]2CCCO2)cc1[N+](=O)[O-]. The van der Waals surface area contributed by atoms with Gasteiger partial charge in [0.2, 0.25) is 0 Å². The second-order valence-electron chi connectivity index (χ2n) is 5.25. The monoisotopic (exact) mass is 323 g/mol. The maximum Gasteiger partial charge on any atom is 0.293 e. The van der Waals surface area contributed by atoms with E-state index in [-0.39, 0.29) is 23.3 Å². The molecule has 1 atom stereocenters. The minimum absolute atomic E-state index is 0.0314. The van der Waals surface area contributed by atoms with Crippen LogP contribution in [0.25, 0.3) is 0 Å². The summed E-state index contributed by atoms with van der Waals surface area (Å²) in [4.78, 5) is 22.8. The summed E-state index contributed by atoms with van der Waals surface area (Å²) in [6.45, 7) is 2.01. The van der Waals surface area contributed by atoms with E-state index >= 15 is 0 Å². The zero-order valence-corrected chi connectivity index (χ0v) is 13.0.